The summed E-state index contributed by atoms with van der Waals surface area (Å²) in [4.78, 5) is 18.4. The highest BCUT2D eigenvalue weighted by molar-refractivity contribution is 5.42. The zero-order valence-electron chi connectivity index (χ0n) is 12.2. The third-order valence-electron chi connectivity index (χ3n) is 3.58. The van der Waals surface area contributed by atoms with Crippen LogP contribution < -0.4 is 15.4 Å². The topological polar surface area (TPSA) is 122 Å². The van der Waals surface area contributed by atoms with Gasteiger partial charge in [-0.05, 0) is 31.4 Å². The van der Waals surface area contributed by atoms with Crippen LogP contribution in [0.2, 0.25) is 0 Å². The third-order valence-corrected chi connectivity index (χ3v) is 3.58. The van der Waals surface area contributed by atoms with Crippen LogP contribution in [0, 0.1) is 0 Å². The van der Waals surface area contributed by atoms with Gasteiger partial charge in [-0.2, -0.15) is 0 Å². The van der Waals surface area contributed by atoms with Gasteiger partial charge in [0.15, 0.2) is 0 Å². The molecule has 9 nitrogen and oxygen atoms in total. The Balaban J connectivity index is 1.51. The molecule has 2 atom stereocenters. The van der Waals surface area contributed by atoms with E-state index in [1.54, 1.807) is 12.1 Å². The van der Waals surface area contributed by atoms with Gasteiger partial charge in [-0.3, -0.25) is 4.79 Å². The summed E-state index contributed by atoms with van der Waals surface area (Å²) < 4.78 is 4.54. The predicted molar refractivity (Wildman–Crippen MR) is 81.1 cm³/mol. The van der Waals surface area contributed by atoms with E-state index in [0.717, 1.165) is 25.1 Å². The maximum atomic E-state index is 10.2. The maximum absolute atomic E-state index is 10.2. The third kappa shape index (κ3) is 4.02. The minimum absolute atomic E-state index is 0.0647. The van der Waals surface area contributed by atoms with Gasteiger partial charge in [0.05, 0.1) is 12.4 Å². The van der Waals surface area contributed by atoms with Gasteiger partial charge in [0.25, 0.3) is 12.4 Å². The number of pyridine rings is 1. The minimum Gasteiger partial charge on any atom is -0.506 e. The van der Waals surface area contributed by atoms with E-state index in [9.17, 15) is 9.90 Å². The lowest BCUT2D eigenvalue weighted by atomic mass is 10.2. The van der Waals surface area contributed by atoms with E-state index in [4.69, 9.17) is 0 Å². The van der Waals surface area contributed by atoms with Gasteiger partial charge in [-0.25, -0.2) is 9.97 Å². The lowest BCUT2D eigenvalue weighted by Gasteiger charge is -2.14. The molecule has 2 heterocycles. The van der Waals surface area contributed by atoms with Gasteiger partial charge in [0.1, 0.15) is 11.6 Å². The molecule has 1 aliphatic rings. The second kappa shape index (κ2) is 6.86. The highest BCUT2D eigenvalue weighted by Gasteiger charge is 2.25. The largest absolute Gasteiger partial charge is 0.506 e. The Morgan fingerprint density at radius 1 is 1.13 bits per heavy atom. The zero-order chi connectivity index (χ0) is 16.1. The van der Waals surface area contributed by atoms with Crippen LogP contribution >= 0.6 is 0 Å². The molecule has 0 aromatic carbocycles. The first-order chi connectivity index (χ1) is 11.2. The van der Waals surface area contributed by atoms with Gasteiger partial charge < -0.3 is 20.5 Å². The molecule has 0 amide bonds. The van der Waals surface area contributed by atoms with Crippen LogP contribution in [0.25, 0.3) is 0 Å². The lowest BCUT2D eigenvalue weighted by Crippen LogP contribution is -2.22. The molecule has 1 saturated carbocycles. The summed E-state index contributed by atoms with van der Waals surface area (Å²) >= 11 is 0. The van der Waals surface area contributed by atoms with Gasteiger partial charge in [0, 0.05) is 12.1 Å². The fourth-order valence-electron chi connectivity index (χ4n) is 2.54. The molecule has 2 aromatic rings. The van der Waals surface area contributed by atoms with Gasteiger partial charge in [0.2, 0.25) is 5.95 Å². The van der Waals surface area contributed by atoms with E-state index in [0.29, 0.717) is 5.95 Å². The molecule has 120 valence electrons. The van der Waals surface area contributed by atoms with Crippen LogP contribution in [0.3, 0.4) is 0 Å². The summed E-state index contributed by atoms with van der Waals surface area (Å²) in [5.41, 5.74) is 0. The molecule has 0 saturated heterocycles. The fourth-order valence-corrected chi connectivity index (χ4v) is 2.54. The van der Waals surface area contributed by atoms with Gasteiger partial charge >= 0.3 is 0 Å². The molecule has 1 aliphatic carbocycles. The molecule has 23 heavy (non-hydrogen) atoms. The van der Waals surface area contributed by atoms with Crippen molar-refractivity contribution >= 4 is 18.2 Å². The molecule has 3 rings (SSSR count). The number of aromatic hydroxyl groups is 1. The quantitative estimate of drug-likeness (QED) is 0.668. The van der Waals surface area contributed by atoms with E-state index >= 15 is 0 Å². The Labute approximate surface area is 132 Å². The first-order valence-electron chi connectivity index (χ1n) is 7.21. The lowest BCUT2D eigenvalue weighted by molar-refractivity contribution is -0.121. The second-order valence-electron chi connectivity index (χ2n) is 5.23. The monoisotopic (exact) mass is 316 g/mol. The number of anilines is 2. The molecule has 2 unspecified atom stereocenters. The molecule has 3 N–H and O–H groups in total. The van der Waals surface area contributed by atoms with Crippen molar-refractivity contribution in [2.45, 2.75) is 31.3 Å². The number of nitrogens with one attached hydrogen (secondary N) is 2. The van der Waals surface area contributed by atoms with Crippen molar-refractivity contribution in [1.29, 1.82) is 0 Å². The van der Waals surface area contributed by atoms with Crippen molar-refractivity contribution in [1.82, 2.24) is 20.2 Å². The van der Waals surface area contributed by atoms with Crippen molar-refractivity contribution in [2.75, 3.05) is 10.6 Å². The summed E-state index contributed by atoms with van der Waals surface area (Å²) in [6.07, 6.45) is 5.59. The Morgan fingerprint density at radius 3 is 2.61 bits per heavy atom. The van der Waals surface area contributed by atoms with Gasteiger partial charge in [-0.15, -0.1) is 10.2 Å². The molecule has 0 radical (unpaired) electrons. The van der Waals surface area contributed by atoms with Gasteiger partial charge in [-0.1, -0.05) is 0 Å². The Kier molecular flexibility index (Phi) is 4.46. The summed E-state index contributed by atoms with van der Waals surface area (Å²) in [5, 5.41) is 23.4. The van der Waals surface area contributed by atoms with E-state index < -0.39 is 0 Å². The molecule has 9 heteroatoms. The SMILES string of the molecule is O=COc1cnc(NC2CCC(Nc3ccc(O)cn3)C2)nn1. The van der Waals surface area contributed by atoms with Crippen LogP contribution in [0.15, 0.2) is 24.5 Å². The van der Waals surface area contributed by atoms with E-state index in [1.165, 1.54) is 12.4 Å². The number of aromatic nitrogens is 4. The van der Waals surface area contributed by atoms with Crippen LogP contribution in [0.4, 0.5) is 11.8 Å². The number of rotatable bonds is 6. The van der Waals surface area contributed by atoms with Crippen molar-refractivity contribution in [2.24, 2.45) is 0 Å². The fraction of sp³-hybridized carbons (Fsp3) is 0.357. The Morgan fingerprint density at radius 2 is 1.96 bits per heavy atom. The Bertz CT molecular complexity index is 649. The van der Waals surface area contributed by atoms with Crippen LogP contribution in [0.5, 0.6) is 11.6 Å². The number of carbonyl (C=O) groups is 1. The Hall–Kier alpha value is -2.97. The van der Waals surface area contributed by atoms with Crippen LogP contribution in [0.1, 0.15) is 19.3 Å². The minimum atomic E-state index is 0.0647. The number of ether oxygens (including phenoxy) is 1. The summed E-state index contributed by atoms with van der Waals surface area (Å²) in [5.74, 6) is 1.35. The average molecular weight is 316 g/mol. The van der Waals surface area contributed by atoms with Crippen LogP contribution in [-0.4, -0.2) is 43.8 Å². The van der Waals surface area contributed by atoms with E-state index in [1.807, 2.05) is 0 Å². The number of carbonyl (C=O) groups excluding carboxylic acids is 1. The number of hydrogen-bond acceptors (Lipinski definition) is 9. The highest BCUT2D eigenvalue weighted by Crippen LogP contribution is 2.24. The average Bonchev–Trinajstić information content (AvgIpc) is 2.99. The molecular weight excluding hydrogens is 300 g/mol. The zero-order valence-corrected chi connectivity index (χ0v) is 12.2. The first-order valence-corrected chi connectivity index (χ1v) is 7.21. The van der Waals surface area contributed by atoms with Crippen molar-refractivity contribution in [3.63, 3.8) is 0 Å². The molecule has 2 aromatic heterocycles. The molecule has 0 spiro atoms. The molecule has 1 fully saturated rings. The maximum Gasteiger partial charge on any atom is 0.299 e. The summed E-state index contributed by atoms with van der Waals surface area (Å²) in [6, 6.07) is 3.86. The highest BCUT2D eigenvalue weighted by atomic mass is 16.5. The van der Waals surface area contributed by atoms with E-state index in [2.05, 4.69) is 35.5 Å². The van der Waals surface area contributed by atoms with Crippen molar-refractivity contribution < 1.29 is 14.6 Å². The first kappa shape index (κ1) is 14.9. The smallest absolute Gasteiger partial charge is 0.299 e. The van der Waals surface area contributed by atoms with Crippen LogP contribution in [-0.2, 0) is 4.79 Å². The van der Waals surface area contributed by atoms with E-state index in [-0.39, 0.29) is 30.2 Å². The predicted octanol–water partition coefficient (Wildman–Crippen LogP) is 0.952. The number of hydrogen-bond donors (Lipinski definition) is 3. The number of nitrogens with zero attached hydrogens (tertiary/aromatic N) is 4. The molecule has 0 aliphatic heterocycles. The molecular formula is C14H16N6O3. The summed E-state index contributed by atoms with van der Waals surface area (Å²) in [7, 11) is 0. The normalized spacial score (nSPS) is 20.0. The standard InChI is InChI=1S/C14H16N6O3/c21-8-23-13-7-16-14(20-19-13)18-10-2-1-9(5-10)17-12-4-3-11(22)6-15-12/h3-4,6-10,22H,1-2,5H2,(H,15,17)(H,16,18,20). The summed E-state index contributed by atoms with van der Waals surface area (Å²) in [6.45, 7) is 0.281. The van der Waals surface area contributed by atoms with Crippen molar-refractivity contribution in [3.8, 4) is 11.6 Å². The second-order valence-corrected chi connectivity index (χ2v) is 5.23. The molecule has 0 bridgehead atoms. The van der Waals surface area contributed by atoms with Crippen molar-refractivity contribution in [3.05, 3.63) is 24.5 Å².